The van der Waals surface area contributed by atoms with Crippen molar-refractivity contribution in [3.63, 3.8) is 0 Å². The van der Waals surface area contributed by atoms with Crippen LogP contribution in [0.15, 0.2) is 42.5 Å². The van der Waals surface area contributed by atoms with E-state index in [-0.39, 0.29) is 24.7 Å². The van der Waals surface area contributed by atoms with Crippen molar-refractivity contribution < 1.29 is 24.3 Å². The molecule has 0 unspecified atom stereocenters. The summed E-state index contributed by atoms with van der Waals surface area (Å²) < 4.78 is 4.22. The Labute approximate surface area is 217 Å². The Bertz CT molecular complexity index is 1030. The lowest BCUT2D eigenvalue weighted by Gasteiger charge is -2.28. The van der Waals surface area contributed by atoms with Gasteiger partial charge in [-0.2, -0.15) is 0 Å². The highest BCUT2D eigenvalue weighted by molar-refractivity contribution is 8.14. The zero-order chi connectivity index (χ0) is 26.0. The van der Waals surface area contributed by atoms with Crippen LogP contribution in [0.5, 0.6) is 0 Å². The van der Waals surface area contributed by atoms with Crippen LogP contribution in [0.3, 0.4) is 0 Å². The summed E-state index contributed by atoms with van der Waals surface area (Å²) in [4.78, 5) is 39.5. The van der Waals surface area contributed by atoms with Crippen LogP contribution in [0.1, 0.15) is 32.3 Å². The first-order valence-electron chi connectivity index (χ1n) is 10.7. The van der Waals surface area contributed by atoms with Gasteiger partial charge in [-0.05, 0) is 50.5 Å². The van der Waals surface area contributed by atoms with Crippen molar-refractivity contribution in [1.82, 2.24) is 0 Å². The maximum atomic E-state index is 12.9. The molecule has 9 nitrogen and oxygen atoms in total. The molecule has 0 spiro atoms. The fraction of sp³-hybridized carbons (Fsp3) is 0.391. The molecule has 0 aliphatic carbocycles. The van der Waals surface area contributed by atoms with Crippen LogP contribution in [0.25, 0.3) is 0 Å². The molecule has 0 aromatic heterocycles. The third kappa shape index (κ3) is 9.21. The molecular formula is C23H27Cl2N3O6S. The zero-order valence-electron chi connectivity index (χ0n) is 19.3. The van der Waals surface area contributed by atoms with Gasteiger partial charge in [0.15, 0.2) is 5.12 Å². The van der Waals surface area contributed by atoms with E-state index in [0.717, 1.165) is 17.3 Å². The highest BCUT2D eigenvalue weighted by Crippen LogP contribution is 2.35. The molecule has 0 bridgehead atoms. The summed E-state index contributed by atoms with van der Waals surface area (Å²) in [6, 6.07) is 11.4. The Morgan fingerprint density at radius 1 is 1.11 bits per heavy atom. The summed E-state index contributed by atoms with van der Waals surface area (Å²) in [5, 5.41) is 13.1. The third-order valence-corrected chi connectivity index (χ3v) is 6.72. The molecule has 2 aromatic rings. The van der Waals surface area contributed by atoms with E-state index in [2.05, 4.69) is 10.2 Å². The van der Waals surface area contributed by atoms with Gasteiger partial charge in [0, 0.05) is 16.9 Å². The summed E-state index contributed by atoms with van der Waals surface area (Å²) in [6.07, 6.45) is 0.822. The van der Waals surface area contributed by atoms with Gasteiger partial charge in [-0.15, -0.1) is 10.1 Å². The minimum absolute atomic E-state index is 0.0476. The lowest BCUT2D eigenvalue weighted by molar-refractivity contribution is -0.757. The number of rotatable bonds is 13. The van der Waals surface area contributed by atoms with E-state index >= 15 is 0 Å². The van der Waals surface area contributed by atoms with Crippen molar-refractivity contribution >= 4 is 57.4 Å². The number of nitrogens with one attached hydrogen (secondary N) is 1. The summed E-state index contributed by atoms with van der Waals surface area (Å²) in [5.41, 5.74) is 8.03. The molecule has 0 radical (unpaired) electrons. The molecule has 0 fully saturated rings. The average molecular weight is 544 g/mol. The van der Waals surface area contributed by atoms with Gasteiger partial charge in [0.2, 0.25) is 0 Å². The van der Waals surface area contributed by atoms with Crippen LogP contribution >= 0.6 is 35.0 Å². The van der Waals surface area contributed by atoms with E-state index in [1.54, 1.807) is 32.0 Å². The van der Waals surface area contributed by atoms with Gasteiger partial charge in [-0.25, -0.2) is 0 Å². The molecule has 12 heteroatoms. The molecule has 0 heterocycles. The molecule has 2 aromatic carbocycles. The highest BCUT2D eigenvalue weighted by Gasteiger charge is 2.36. The Kier molecular flexibility index (Phi) is 11.1. The number of para-hydroxylation sites is 2. The Morgan fingerprint density at radius 2 is 1.74 bits per heavy atom. The summed E-state index contributed by atoms with van der Waals surface area (Å²) in [5.74, 6) is -0.652. The molecule has 190 valence electrons. The second kappa shape index (κ2) is 13.5. The molecule has 0 aliphatic heterocycles. The number of unbranched alkanes of at least 4 members (excludes halogenated alkanes) is 1. The van der Waals surface area contributed by atoms with Gasteiger partial charge < -0.3 is 20.6 Å². The molecule has 0 saturated heterocycles. The van der Waals surface area contributed by atoms with Crippen LogP contribution in [-0.2, 0) is 25.6 Å². The molecular weight excluding hydrogens is 517 g/mol. The number of thioether (sulfide) groups is 1. The van der Waals surface area contributed by atoms with Crippen molar-refractivity contribution in [2.75, 3.05) is 18.5 Å². The molecule has 1 atom stereocenters. The molecule has 2 rings (SSSR count). The number of carbonyl (C=O) groups is 2. The standard InChI is InChI=1S/C23H27Cl2N3O6S/c1-23(2,21(26)22(30)33-12-5-6-13-34-28(31)32)35-19(29)14-15-8-3-4-11-18(15)27-20-16(24)9-7-10-17(20)25/h3-4,7-11,21,27H,5-6,12-14,26H2,1-2H3/t21-/m0/s1. The first kappa shape index (κ1) is 28.7. The van der Waals surface area contributed by atoms with Crippen molar-refractivity contribution in [3.8, 4) is 0 Å². The van der Waals surface area contributed by atoms with Crippen LogP contribution in [0.4, 0.5) is 11.4 Å². The predicted molar refractivity (Wildman–Crippen MR) is 138 cm³/mol. The maximum absolute atomic E-state index is 12.9. The van der Waals surface area contributed by atoms with Crippen molar-refractivity contribution in [3.05, 3.63) is 68.2 Å². The molecule has 3 N–H and O–H groups in total. The molecule has 0 aliphatic rings. The topological polar surface area (TPSA) is 134 Å². The van der Waals surface area contributed by atoms with E-state index in [9.17, 15) is 19.7 Å². The number of halogens is 2. The average Bonchev–Trinajstić information content (AvgIpc) is 2.78. The Hall–Kier alpha value is -2.53. The van der Waals surface area contributed by atoms with E-state index in [0.29, 0.717) is 34.3 Å². The lowest BCUT2D eigenvalue weighted by atomic mass is 10.0. The van der Waals surface area contributed by atoms with Gasteiger partial charge in [0.05, 0.1) is 28.9 Å². The SMILES string of the molecule is CC(C)(SC(=O)Cc1ccccc1Nc1c(Cl)cccc1Cl)[C@@H](N)C(=O)OCCCCO[N+](=O)[O-]. The van der Waals surface area contributed by atoms with Gasteiger partial charge in [-0.1, -0.05) is 59.2 Å². The first-order chi connectivity index (χ1) is 16.5. The number of anilines is 2. The van der Waals surface area contributed by atoms with E-state index in [1.165, 1.54) is 0 Å². The normalized spacial score (nSPS) is 12.0. The lowest BCUT2D eigenvalue weighted by Crippen LogP contribution is -2.48. The number of esters is 1. The fourth-order valence-corrected chi connectivity index (χ4v) is 4.52. The van der Waals surface area contributed by atoms with Crippen LogP contribution in [-0.4, -0.2) is 40.2 Å². The number of hydrogen-bond donors (Lipinski definition) is 2. The monoisotopic (exact) mass is 543 g/mol. The van der Waals surface area contributed by atoms with E-state index < -0.39 is 21.8 Å². The minimum atomic E-state index is -1.05. The molecule has 35 heavy (non-hydrogen) atoms. The number of ether oxygens (including phenoxy) is 1. The fourth-order valence-electron chi connectivity index (χ4n) is 2.99. The first-order valence-corrected chi connectivity index (χ1v) is 12.3. The van der Waals surface area contributed by atoms with Crippen LogP contribution in [0.2, 0.25) is 10.0 Å². The second-order valence-corrected chi connectivity index (χ2v) is 10.6. The van der Waals surface area contributed by atoms with Gasteiger partial charge >= 0.3 is 5.97 Å². The largest absolute Gasteiger partial charge is 0.464 e. The number of nitrogens with two attached hydrogens (primary N) is 1. The summed E-state index contributed by atoms with van der Waals surface area (Å²) in [7, 11) is 0. The smallest absolute Gasteiger partial charge is 0.324 e. The molecule has 0 saturated carbocycles. The van der Waals surface area contributed by atoms with Crippen molar-refractivity contribution in [2.45, 2.75) is 43.9 Å². The number of carbonyl (C=O) groups excluding carboxylic acids is 2. The van der Waals surface area contributed by atoms with Crippen molar-refractivity contribution in [2.24, 2.45) is 5.73 Å². The molecule has 0 amide bonds. The minimum Gasteiger partial charge on any atom is -0.464 e. The Balaban J connectivity index is 1.94. The van der Waals surface area contributed by atoms with Crippen LogP contribution < -0.4 is 11.1 Å². The Morgan fingerprint density at radius 3 is 2.40 bits per heavy atom. The van der Waals surface area contributed by atoms with E-state index in [1.807, 2.05) is 24.3 Å². The number of nitrogens with zero attached hydrogens (tertiary/aromatic N) is 1. The van der Waals surface area contributed by atoms with Gasteiger partial charge in [0.1, 0.15) is 6.04 Å². The predicted octanol–water partition coefficient (Wildman–Crippen LogP) is 5.18. The second-order valence-electron chi connectivity index (χ2n) is 8.04. The summed E-state index contributed by atoms with van der Waals surface area (Å²) in [6.45, 7) is 3.36. The maximum Gasteiger partial charge on any atom is 0.324 e. The van der Waals surface area contributed by atoms with E-state index in [4.69, 9.17) is 33.7 Å². The quantitative estimate of drug-likeness (QED) is 0.151. The van der Waals surface area contributed by atoms with Crippen LogP contribution in [0, 0.1) is 10.1 Å². The number of benzene rings is 2. The zero-order valence-corrected chi connectivity index (χ0v) is 21.6. The summed E-state index contributed by atoms with van der Waals surface area (Å²) >= 11 is 13.5. The van der Waals surface area contributed by atoms with Gasteiger partial charge in [0.25, 0.3) is 5.09 Å². The van der Waals surface area contributed by atoms with Gasteiger partial charge in [-0.3, -0.25) is 9.59 Å². The number of hydrogen-bond acceptors (Lipinski definition) is 9. The highest BCUT2D eigenvalue weighted by atomic mass is 35.5. The third-order valence-electron chi connectivity index (χ3n) is 4.93. The van der Waals surface area contributed by atoms with Crippen molar-refractivity contribution in [1.29, 1.82) is 0 Å².